The van der Waals surface area contributed by atoms with Gasteiger partial charge >= 0.3 is 5.97 Å². The van der Waals surface area contributed by atoms with E-state index in [0.717, 1.165) is 0 Å². The number of esters is 1. The van der Waals surface area contributed by atoms with Gasteiger partial charge in [0.25, 0.3) is 5.91 Å². The summed E-state index contributed by atoms with van der Waals surface area (Å²) in [6, 6.07) is 4.95. The standard InChI is InChI=1S/C16H19Cl2NO3/c1-10(2)11(3)19-15(20)9-22-16(21)7-5-12-4-6-13(17)8-14(12)18/h4-8,10-11H,9H2,1-3H3,(H,19,20)/b7-5+/t11-/m0/s1. The lowest BCUT2D eigenvalue weighted by Crippen LogP contribution is -2.38. The van der Waals surface area contributed by atoms with E-state index in [-0.39, 0.29) is 18.6 Å². The van der Waals surface area contributed by atoms with Crippen molar-refractivity contribution in [3.05, 3.63) is 39.9 Å². The molecule has 0 saturated carbocycles. The van der Waals surface area contributed by atoms with Crippen molar-refractivity contribution in [1.82, 2.24) is 5.32 Å². The summed E-state index contributed by atoms with van der Waals surface area (Å²) in [6.45, 7) is 5.58. The third-order valence-electron chi connectivity index (χ3n) is 3.10. The molecule has 1 N–H and O–H groups in total. The minimum atomic E-state index is -0.613. The Morgan fingerprint density at radius 2 is 1.95 bits per heavy atom. The van der Waals surface area contributed by atoms with Gasteiger partial charge in [-0.1, -0.05) is 43.1 Å². The lowest BCUT2D eigenvalue weighted by molar-refractivity contribution is -0.144. The van der Waals surface area contributed by atoms with Crippen LogP contribution in [-0.2, 0) is 14.3 Å². The zero-order valence-electron chi connectivity index (χ0n) is 12.7. The molecule has 1 rings (SSSR count). The maximum Gasteiger partial charge on any atom is 0.331 e. The lowest BCUT2D eigenvalue weighted by atomic mass is 10.1. The van der Waals surface area contributed by atoms with Gasteiger partial charge < -0.3 is 10.1 Å². The first-order chi connectivity index (χ1) is 10.3. The van der Waals surface area contributed by atoms with E-state index in [1.807, 2.05) is 20.8 Å². The molecule has 1 atom stereocenters. The van der Waals surface area contributed by atoms with Crippen LogP contribution in [0.4, 0.5) is 0 Å². The molecule has 0 aliphatic heterocycles. The average molecular weight is 344 g/mol. The Labute approximate surface area is 140 Å². The van der Waals surface area contributed by atoms with Crippen LogP contribution in [-0.4, -0.2) is 24.5 Å². The fraction of sp³-hybridized carbons (Fsp3) is 0.375. The predicted molar refractivity (Wildman–Crippen MR) is 88.9 cm³/mol. The Kier molecular flexibility index (Phi) is 7.42. The van der Waals surface area contributed by atoms with Crippen molar-refractivity contribution in [2.24, 2.45) is 5.92 Å². The third-order valence-corrected chi connectivity index (χ3v) is 3.66. The number of hydrogen-bond acceptors (Lipinski definition) is 3. The molecule has 0 radical (unpaired) electrons. The van der Waals surface area contributed by atoms with Crippen LogP contribution < -0.4 is 5.32 Å². The molecule has 1 amide bonds. The molecule has 0 bridgehead atoms. The van der Waals surface area contributed by atoms with E-state index in [4.69, 9.17) is 27.9 Å². The normalized spacial score (nSPS) is 12.5. The maximum absolute atomic E-state index is 11.6. The number of hydrogen-bond donors (Lipinski definition) is 1. The van der Waals surface area contributed by atoms with Crippen LogP contribution in [0.1, 0.15) is 26.3 Å². The van der Waals surface area contributed by atoms with Crippen LogP contribution in [0.15, 0.2) is 24.3 Å². The van der Waals surface area contributed by atoms with Gasteiger partial charge in [0, 0.05) is 22.2 Å². The zero-order valence-corrected chi connectivity index (χ0v) is 14.2. The Morgan fingerprint density at radius 3 is 2.55 bits per heavy atom. The number of ether oxygens (including phenoxy) is 1. The molecule has 120 valence electrons. The first-order valence-electron chi connectivity index (χ1n) is 6.89. The summed E-state index contributed by atoms with van der Waals surface area (Å²) in [5.41, 5.74) is 0.640. The summed E-state index contributed by atoms with van der Waals surface area (Å²) in [6.07, 6.45) is 2.73. The number of amides is 1. The van der Waals surface area contributed by atoms with Crippen molar-refractivity contribution in [1.29, 1.82) is 0 Å². The van der Waals surface area contributed by atoms with Gasteiger partial charge in [-0.25, -0.2) is 4.79 Å². The summed E-state index contributed by atoms with van der Waals surface area (Å²) in [4.78, 5) is 23.1. The van der Waals surface area contributed by atoms with Crippen molar-refractivity contribution in [2.45, 2.75) is 26.8 Å². The topological polar surface area (TPSA) is 55.4 Å². The van der Waals surface area contributed by atoms with E-state index in [0.29, 0.717) is 21.5 Å². The molecule has 0 saturated heterocycles. The molecule has 6 heteroatoms. The average Bonchev–Trinajstić information content (AvgIpc) is 2.44. The smallest absolute Gasteiger partial charge is 0.331 e. The van der Waals surface area contributed by atoms with Crippen LogP contribution >= 0.6 is 23.2 Å². The number of rotatable bonds is 6. The summed E-state index contributed by atoms with van der Waals surface area (Å²) in [5, 5.41) is 3.69. The minimum absolute atomic E-state index is 0.0228. The molecule has 0 aliphatic rings. The quantitative estimate of drug-likeness (QED) is 0.632. The second-order valence-corrected chi connectivity index (χ2v) is 6.05. The molecular weight excluding hydrogens is 325 g/mol. The Hall–Kier alpha value is -1.52. The largest absolute Gasteiger partial charge is 0.452 e. The first-order valence-corrected chi connectivity index (χ1v) is 7.64. The van der Waals surface area contributed by atoms with Crippen LogP contribution in [0.3, 0.4) is 0 Å². The van der Waals surface area contributed by atoms with Crippen LogP contribution in [0.5, 0.6) is 0 Å². The Balaban J connectivity index is 2.46. The van der Waals surface area contributed by atoms with Gasteiger partial charge in [-0.15, -0.1) is 0 Å². The molecule has 0 fully saturated rings. The molecular formula is C16H19Cl2NO3. The van der Waals surface area contributed by atoms with Gasteiger partial charge in [-0.2, -0.15) is 0 Å². The van der Waals surface area contributed by atoms with Gasteiger partial charge in [-0.05, 0) is 36.6 Å². The fourth-order valence-electron chi connectivity index (χ4n) is 1.44. The van der Waals surface area contributed by atoms with Gasteiger partial charge in [0.2, 0.25) is 0 Å². The summed E-state index contributed by atoms with van der Waals surface area (Å²) < 4.78 is 4.86. The highest BCUT2D eigenvalue weighted by Gasteiger charge is 2.11. The Morgan fingerprint density at radius 1 is 1.27 bits per heavy atom. The molecule has 22 heavy (non-hydrogen) atoms. The fourth-order valence-corrected chi connectivity index (χ4v) is 1.91. The number of carbonyl (C=O) groups is 2. The van der Waals surface area contributed by atoms with Gasteiger partial charge in [0.15, 0.2) is 6.61 Å². The van der Waals surface area contributed by atoms with Crippen molar-refractivity contribution in [2.75, 3.05) is 6.61 Å². The highest BCUT2D eigenvalue weighted by atomic mass is 35.5. The van der Waals surface area contributed by atoms with E-state index >= 15 is 0 Å². The number of halogens is 2. The van der Waals surface area contributed by atoms with Crippen molar-refractivity contribution < 1.29 is 14.3 Å². The van der Waals surface area contributed by atoms with Crippen LogP contribution in [0.25, 0.3) is 6.08 Å². The maximum atomic E-state index is 11.6. The van der Waals surface area contributed by atoms with Crippen LogP contribution in [0, 0.1) is 5.92 Å². The van der Waals surface area contributed by atoms with E-state index in [9.17, 15) is 9.59 Å². The molecule has 0 unspecified atom stereocenters. The van der Waals surface area contributed by atoms with Gasteiger partial charge in [0.1, 0.15) is 0 Å². The van der Waals surface area contributed by atoms with E-state index in [1.54, 1.807) is 18.2 Å². The summed E-state index contributed by atoms with van der Waals surface area (Å²) in [5.74, 6) is -0.627. The molecule has 1 aromatic carbocycles. The van der Waals surface area contributed by atoms with Gasteiger partial charge in [-0.3, -0.25) is 4.79 Å². The number of carbonyl (C=O) groups excluding carboxylic acids is 2. The SMILES string of the molecule is CC(C)[C@H](C)NC(=O)COC(=O)/C=C/c1ccc(Cl)cc1Cl. The third kappa shape index (κ3) is 6.50. The van der Waals surface area contributed by atoms with E-state index < -0.39 is 5.97 Å². The van der Waals surface area contributed by atoms with E-state index in [1.165, 1.54) is 12.2 Å². The van der Waals surface area contributed by atoms with Crippen molar-refractivity contribution >= 4 is 41.2 Å². The monoisotopic (exact) mass is 343 g/mol. The van der Waals surface area contributed by atoms with Crippen LogP contribution in [0.2, 0.25) is 10.0 Å². The molecule has 1 aromatic rings. The Bertz CT molecular complexity index is 571. The second kappa shape index (κ2) is 8.81. The molecule has 0 aromatic heterocycles. The summed E-state index contributed by atoms with van der Waals surface area (Å²) in [7, 11) is 0. The highest BCUT2D eigenvalue weighted by Crippen LogP contribution is 2.21. The molecule has 0 aliphatic carbocycles. The van der Waals surface area contributed by atoms with Crippen molar-refractivity contribution in [3.63, 3.8) is 0 Å². The number of benzene rings is 1. The van der Waals surface area contributed by atoms with Crippen molar-refractivity contribution in [3.8, 4) is 0 Å². The number of nitrogens with one attached hydrogen (secondary N) is 1. The molecule has 0 spiro atoms. The van der Waals surface area contributed by atoms with E-state index in [2.05, 4.69) is 5.32 Å². The highest BCUT2D eigenvalue weighted by molar-refractivity contribution is 6.35. The first kappa shape index (κ1) is 18.5. The summed E-state index contributed by atoms with van der Waals surface area (Å²) >= 11 is 11.8. The molecule has 4 nitrogen and oxygen atoms in total. The zero-order chi connectivity index (χ0) is 16.7. The molecule has 0 heterocycles. The second-order valence-electron chi connectivity index (χ2n) is 5.21. The lowest BCUT2D eigenvalue weighted by Gasteiger charge is -2.16. The van der Waals surface area contributed by atoms with Gasteiger partial charge in [0.05, 0.1) is 0 Å². The predicted octanol–water partition coefficient (Wildman–Crippen LogP) is 3.71. The minimum Gasteiger partial charge on any atom is -0.452 e.